The molecule has 1 aromatic carbocycles. The third kappa shape index (κ3) is 2.77. The van der Waals surface area contributed by atoms with E-state index in [1.807, 2.05) is 12.1 Å². The van der Waals surface area contributed by atoms with Crippen LogP contribution in [0.4, 0.5) is 0 Å². The fraction of sp³-hybridized carbons (Fsp3) is 0.562. The van der Waals surface area contributed by atoms with Gasteiger partial charge in [0, 0.05) is 7.11 Å². The van der Waals surface area contributed by atoms with Crippen molar-refractivity contribution in [2.75, 3.05) is 7.11 Å². The van der Waals surface area contributed by atoms with Gasteiger partial charge in [0.2, 0.25) is 0 Å². The van der Waals surface area contributed by atoms with Gasteiger partial charge in [-0.15, -0.1) is 0 Å². The summed E-state index contributed by atoms with van der Waals surface area (Å²) in [5, 5.41) is 8.87. The molecule has 1 heterocycles. The van der Waals surface area contributed by atoms with Gasteiger partial charge in [0.25, 0.3) is 5.97 Å². The van der Waals surface area contributed by atoms with E-state index in [4.69, 9.17) is 19.2 Å². The monoisotopic (exact) mass is 305 g/mol. The summed E-state index contributed by atoms with van der Waals surface area (Å²) in [4.78, 5) is 0. The van der Waals surface area contributed by atoms with E-state index < -0.39 is 14.3 Å². The van der Waals surface area contributed by atoms with Crippen LogP contribution in [0.1, 0.15) is 31.1 Å². The van der Waals surface area contributed by atoms with E-state index in [0.29, 0.717) is 5.56 Å². The number of nitriles is 1. The zero-order chi connectivity index (χ0) is 15.9. The summed E-state index contributed by atoms with van der Waals surface area (Å²) in [5.41, 5.74) is 1.37. The van der Waals surface area contributed by atoms with E-state index in [2.05, 4.69) is 39.6 Å². The first kappa shape index (κ1) is 16.2. The van der Waals surface area contributed by atoms with Crippen molar-refractivity contribution in [2.24, 2.45) is 5.41 Å². The number of rotatable bonds is 4. The first-order valence-electron chi connectivity index (χ1n) is 7.08. The first-order valence-corrected chi connectivity index (χ1v) is 10.5. The molecule has 114 valence electrons. The van der Waals surface area contributed by atoms with Crippen LogP contribution in [-0.2, 0) is 13.9 Å². The number of benzene rings is 1. The molecule has 2 atom stereocenters. The molecular formula is C16H23NO3Si. The fourth-order valence-corrected chi connectivity index (χ4v) is 3.89. The van der Waals surface area contributed by atoms with E-state index in [-0.39, 0.29) is 11.5 Å². The molecule has 0 spiro atoms. The summed E-state index contributed by atoms with van der Waals surface area (Å²) < 4.78 is 17.8. The zero-order valence-corrected chi connectivity index (χ0v) is 14.6. The molecule has 2 rings (SSSR count). The maximum atomic E-state index is 8.87. The highest BCUT2D eigenvalue weighted by Crippen LogP contribution is 2.59. The lowest BCUT2D eigenvalue weighted by Gasteiger charge is -2.60. The fourth-order valence-electron chi connectivity index (χ4n) is 2.69. The van der Waals surface area contributed by atoms with Gasteiger partial charge in [0.05, 0.1) is 17.0 Å². The Hall–Kier alpha value is -1.19. The zero-order valence-electron chi connectivity index (χ0n) is 13.6. The third-order valence-corrected chi connectivity index (χ3v) is 4.65. The molecule has 1 aliphatic rings. The van der Waals surface area contributed by atoms with Crippen LogP contribution in [0.2, 0.25) is 19.6 Å². The van der Waals surface area contributed by atoms with Crippen LogP contribution in [0.25, 0.3) is 0 Å². The molecule has 0 radical (unpaired) electrons. The Morgan fingerprint density at radius 2 is 1.76 bits per heavy atom. The lowest BCUT2D eigenvalue weighted by molar-refractivity contribution is -0.499. The Morgan fingerprint density at radius 3 is 2.14 bits per heavy atom. The van der Waals surface area contributed by atoms with E-state index in [0.717, 1.165) is 5.56 Å². The summed E-state index contributed by atoms with van der Waals surface area (Å²) in [6.07, 6.45) is -0.110. The van der Waals surface area contributed by atoms with Gasteiger partial charge in [-0.1, -0.05) is 12.1 Å². The second kappa shape index (κ2) is 5.22. The van der Waals surface area contributed by atoms with Crippen molar-refractivity contribution in [3.05, 3.63) is 35.4 Å². The van der Waals surface area contributed by atoms with Crippen LogP contribution in [0.15, 0.2) is 24.3 Å². The maximum Gasteiger partial charge on any atom is 0.282 e. The van der Waals surface area contributed by atoms with Crippen molar-refractivity contribution in [3.8, 4) is 6.07 Å². The normalized spacial score (nSPS) is 27.8. The Balaban J connectivity index is 2.25. The highest BCUT2D eigenvalue weighted by molar-refractivity contribution is 6.69. The average Bonchev–Trinajstić information content (AvgIpc) is 2.42. The van der Waals surface area contributed by atoms with Gasteiger partial charge in [-0.3, -0.25) is 0 Å². The molecule has 2 unspecified atom stereocenters. The lowest BCUT2D eigenvalue weighted by atomic mass is 9.74. The van der Waals surface area contributed by atoms with Gasteiger partial charge in [0.1, 0.15) is 6.10 Å². The molecule has 1 saturated heterocycles. The highest BCUT2D eigenvalue weighted by Gasteiger charge is 2.66. The molecular weight excluding hydrogens is 282 g/mol. The Morgan fingerprint density at radius 1 is 1.19 bits per heavy atom. The maximum absolute atomic E-state index is 8.87. The number of hydrogen-bond donors (Lipinski definition) is 0. The number of methoxy groups -OCH3 is 1. The summed E-state index contributed by atoms with van der Waals surface area (Å²) in [6, 6.07) is 9.60. The van der Waals surface area contributed by atoms with Crippen molar-refractivity contribution in [3.63, 3.8) is 0 Å². The van der Waals surface area contributed by atoms with Crippen molar-refractivity contribution in [1.82, 2.24) is 0 Å². The van der Waals surface area contributed by atoms with E-state index in [1.165, 1.54) is 0 Å². The smallest absolute Gasteiger partial charge is 0.282 e. The number of ether oxygens (including phenoxy) is 2. The van der Waals surface area contributed by atoms with Gasteiger partial charge >= 0.3 is 0 Å². The molecule has 1 aliphatic heterocycles. The second-order valence-corrected chi connectivity index (χ2v) is 11.4. The third-order valence-electron chi connectivity index (χ3n) is 3.77. The summed E-state index contributed by atoms with van der Waals surface area (Å²) in [5.74, 6) is -0.990. The summed E-state index contributed by atoms with van der Waals surface area (Å²) >= 11 is 0. The molecule has 0 bridgehead atoms. The molecule has 0 saturated carbocycles. The second-order valence-electron chi connectivity index (χ2n) is 6.93. The predicted molar refractivity (Wildman–Crippen MR) is 82.9 cm³/mol. The van der Waals surface area contributed by atoms with Gasteiger partial charge in [0.15, 0.2) is 8.32 Å². The topological polar surface area (TPSA) is 51.5 Å². The largest absolute Gasteiger partial charge is 0.369 e. The molecule has 0 amide bonds. The van der Waals surface area contributed by atoms with Crippen molar-refractivity contribution in [2.45, 2.75) is 45.6 Å². The van der Waals surface area contributed by atoms with Gasteiger partial charge in [-0.25, -0.2) is 0 Å². The highest BCUT2D eigenvalue weighted by atomic mass is 28.4. The molecule has 1 aromatic rings. The molecule has 0 aliphatic carbocycles. The van der Waals surface area contributed by atoms with Crippen molar-refractivity contribution < 1.29 is 13.9 Å². The van der Waals surface area contributed by atoms with Crippen LogP contribution in [0.3, 0.4) is 0 Å². The predicted octanol–water partition coefficient (Wildman–Crippen LogP) is 3.81. The SMILES string of the molecule is COC1(O[Si](C)(C)C)OC(c2ccc(C#N)cc2)C1(C)C. The van der Waals surface area contributed by atoms with Crippen LogP contribution in [0, 0.1) is 16.7 Å². The van der Waals surface area contributed by atoms with Gasteiger partial charge < -0.3 is 13.9 Å². The summed E-state index contributed by atoms with van der Waals surface area (Å²) in [6.45, 7) is 10.5. The van der Waals surface area contributed by atoms with Crippen molar-refractivity contribution in [1.29, 1.82) is 5.26 Å². The van der Waals surface area contributed by atoms with E-state index >= 15 is 0 Å². The minimum Gasteiger partial charge on any atom is -0.369 e. The van der Waals surface area contributed by atoms with Crippen LogP contribution in [0.5, 0.6) is 0 Å². The van der Waals surface area contributed by atoms with E-state index in [9.17, 15) is 0 Å². The van der Waals surface area contributed by atoms with E-state index in [1.54, 1.807) is 19.2 Å². The molecule has 4 nitrogen and oxygen atoms in total. The quantitative estimate of drug-likeness (QED) is 0.627. The molecule has 1 fully saturated rings. The minimum atomic E-state index is -1.81. The van der Waals surface area contributed by atoms with Gasteiger partial charge in [-0.2, -0.15) is 5.26 Å². The van der Waals surface area contributed by atoms with Gasteiger partial charge in [-0.05, 0) is 51.2 Å². The van der Waals surface area contributed by atoms with Crippen LogP contribution < -0.4 is 0 Å². The number of hydrogen-bond acceptors (Lipinski definition) is 4. The first-order chi connectivity index (χ1) is 9.65. The summed E-state index contributed by atoms with van der Waals surface area (Å²) in [7, 11) is -0.189. The van der Waals surface area contributed by atoms with Crippen LogP contribution in [-0.4, -0.2) is 21.4 Å². The molecule has 0 N–H and O–H groups in total. The minimum absolute atomic E-state index is 0.110. The lowest BCUT2D eigenvalue weighted by Crippen LogP contribution is -2.67. The van der Waals surface area contributed by atoms with Crippen LogP contribution >= 0.6 is 0 Å². The Labute approximate surface area is 127 Å². The average molecular weight is 305 g/mol. The standard InChI is InChI=1S/C16H23NO3Si/c1-15(2)14(13-9-7-12(11-17)8-10-13)19-16(15,18-3)20-21(4,5)6/h7-10,14H,1-6H3. The van der Waals surface area contributed by atoms with Crippen molar-refractivity contribution >= 4 is 8.32 Å². The molecule has 0 aromatic heterocycles. The number of nitrogens with zero attached hydrogens (tertiary/aromatic N) is 1. The Kier molecular flexibility index (Phi) is 4.02. The Bertz CT molecular complexity index is 556. The molecule has 5 heteroatoms. The molecule has 21 heavy (non-hydrogen) atoms.